The van der Waals surface area contributed by atoms with Crippen LogP contribution in [0.25, 0.3) is 0 Å². The Morgan fingerprint density at radius 2 is 1.01 bits per heavy atom. The minimum absolute atomic E-state index is 0.889. The minimum Gasteiger partial charge on any atom is -0.384 e. The van der Waals surface area contributed by atoms with E-state index in [2.05, 4.69) is 140 Å². The topological polar surface area (TPSA) is 194 Å². The van der Waals surface area contributed by atoms with Crippen LogP contribution in [0.4, 0.5) is 11.5 Å². The number of aliphatic imine (C=N–C) groups is 1. The van der Waals surface area contributed by atoms with Crippen molar-refractivity contribution in [1.82, 2.24) is 57.3 Å². The maximum Gasteiger partial charge on any atom is 0.129 e. The number of H-pyrrole nitrogens is 1. The number of rotatable bonds is 0. The third kappa shape index (κ3) is 26.7. The lowest BCUT2D eigenvalue weighted by molar-refractivity contribution is 0.109. The molecule has 6 fully saturated rings. The van der Waals surface area contributed by atoms with Gasteiger partial charge in [0.25, 0.3) is 0 Å². The Hall–Kier alpha value is -5.43. The third-order valence-corrected chi connectivity index (χ3v) is 14.2. The smallest absolute Gasteiger partial charge is 0.129 e. The summed E-state index contributed by atoms with van der Waals surface area (Å²) in [5, 5.41) is 35.4. The van der Waals surface area contributed by atoms with Gasteiger partial charge in [0.05, 0.1) is 31.3 Å². The summed E-state index contributed by atoms with van der Waals surface area (Å²) in [4.78, 5) is 12.3. The van der Waals surface area contributed by atoms with Crippen molar-refractivity contribution < 1.29 is 9.47 Å². The lowest BCUT2D eigenvalue weighted by Gasteiger charge is -2.10. The SMILES string of the molecule is C1=CCCN=C1.C1CC2CNCC2C1.C1CCNC1.C1CCNCC1.C1CCOC1.C1COCCN1.c1ccc2c(c1)CCN2.c1ccc2c(c1)CNC2.c1cn[nH]n1.c1cnc2c(c1)CCN2.c1cnc2c(c1)CNC2. The molecule has 5 saturated heterocycles. The van der Waals surface area contributed by atoms with Gasteiger partial charge in [0.1, 0.15) is 5.82 Å². The molecule has 10 aliphatic heterocycles. The van der Waals surface area contributed by atoms with Crippen LogP contribution in [-0.2, 0) is 48.5 Å². The molecule has 1 aliphatic carbocycles. The number of fused-ring (bicyclic) bond motifs is 5. The van der Waals surface area contributed by atoms with E-state index >= 15 is 0 Å². The molecule has 0 bridgehead atoms. The van der Waals surface area contributed by atoms with Gasteiger partial charge in [-0.15, -0.1) is 0 Å². The largest absolute Gasteiger partial charge is 0.384 e. The van der Waals surface area contributed by atoms with Crippen molar-refractivity contribution in [1.29, 1.82) is 0 Å². The average molecular weight is 1060 g/mol. The standard InChI is InChI=1S/2C8H9N.2C7H8N2.C7H13N.C5H11N.C5H7N.C4H9NO.C4H9N.C4H8O.C2H3N3/c1-2-4-8-6-9-5-7(8)3-1;1-2-4-8-7(3-1)5-6-9-8;1-2-6-3-5-9-7(6)8-4-1;1-2-6-4-8-5-7(6)9-3-1;1-2-6-4-8-5-7(6)3-1;2*1-2-4-6-5-3-1;1-3-6-4-2-5-1;3*1-2-4-5-3-1/h2*1-4,9H,5-6H2;1-2,4H,3,5H2,(H,8,9);1-3,8H,4-5H2;6-8H,1-5H2;6H,1-5H2;1-2,4H,3,5H2;5H,1-4H2;5H,1-4H2;1-4H2;1-2H,(H,3,4,5). The molecule has 5 aromatic rings. The highest BCUT2D eigenvalue weighted by Gasteiger charge is 2.30. The van der Waals surface area contributed by atoms with Gasteiger partial charge >= 0.3 is 0 Å². The quantitative estimate of drug-likeness (QED) is 0.0724. The van der Waals surface area contributed by atoms with Crippen molar-refractivity contribution >= 4 is 17.7 Å². The van der Waals surface area contributed by atoms with Crippen LogP contribution in [0, 0.1) is 11.8 Å². The van der Waals surface area contributed by atoms with Crippen LogP contribution in [0.3, 0.4) is 0 Å². The molecule has 2 unspecified atom stereocenters. The highest BCUT2D eigenvalue weighted by atomic mass is 16.5. The van der Waals surface area contributed by atoms with Gasteiger partial charge in [0, 0.05) is 96.4 Å². The molecule has 0 amide bonds. The van der Waals surface area contributed by atoms with E-state index in [4.69, 9.17) is 9.47 Å². The summed E-state index contributed by atoms with van der Waals surface area (Å²) in [5.41, 5.74) is 9.58. The number of morpholine rings is 1. The minimum atomic E-state index is 0.889. The number of aromatic amines is 1. The van der Waals surface area contributed by atoms with Crippen LogP contribution in [0.15, 0.2) is 115 Å². The van der Waals surface area contributed by atoms with E-state index in [9.17, 15) is 0 Å². The second-order valence-corrected chi connectivity index (χ2v) is 20.1. The van der Waals surface area contributed by atoms with Gasteiger partial charge in [-0.1, -0.05) is 73.5 Å². The van der Waals surface area contributed by atoms with Crippen molar-refractivity contribution in [3.05, 3.63) is 143 Å². The Bertz CT molecular complexity index is 1860. The highest BCUT2D eigenvalue weighted by Crippen LogP contribution is 2.33. The molecule has 9 N–H and O–H groups in total. The Labute approximate surface area is 461 Å². The van der Waals surface area contributed by atoms with Crippen molar-refractivity contribution in [3.63, 3.8) is 0 Å². The number of benzene rings is 2. The summed E-state index contributed by atoms with van der Waals surface area (Å²) in [6, 6.07) is 25.2. The zero-order valence-electron chi connectivity index (χ0n) is 46.3. The van der Waals surface area contributed by atoms with Gasteiger partial charge < -0.3 is 52.0 Å². The highest BCUT2D eigenvalue weighted by molar-refractivity contribution is 5.71. The van der Waals surface area contributed by atoms with E-state index < -0.39 is 0 Å². The Morgan fingerprint density at radius 3 is 1.51 bits per heavy atom. The number of nitrogens with one attached hydrogen (secondary N) is 9. The predicted molar refractivity (Wildman–Crippen MR) is 317 cm³/mol. The molecule has 16 heteroatoms. The second kappa shape index (κ2) is 40.7. The van der Waals surface area contributed by atoms with Crippen molar-refractivity contribution in [2.75, 3.05) is 109 Å². The first-order valence-corrected chi connectivity index (χ1v) is 29.2. The molecule has 2 atom stereocenters. The van der Waals surface area contributed by atoms with Gasteiger partial charge in [0.15, 0.2) is 0 Å². The van der Waals surface area contributed by atoms with Crippen LogP contribution in [0.5, 0.6) is 0 Å². The monoisotopic (exact) mass is 1050 g/mol. The van der Waals surface area contributed by atoms with Crippen LogP contribution in [-0.4, -0.2) is 130 Å². The molecule has 11 aliphatic rings. The van der Waals surface area contributed by atoms with E-state index in [-0.39, 0.29) is 0 Å². The van der Waals surface area contributed by atoms with Crippen LogP contribution in [0.1, 0.15) is 104 Å². The van der Waals surface area contributed by atoms with Gasteiger partial charge in [-0.25, -0.2) is 4.98 Å². The number of nitrogens with zero attached hydrogens (tertiary/aromatic N) is 5. The second-order valence-electron chi connectivity index (χ2n) is 20.1. The van der Waals surface area contributed by atoms with Gasteiger partial charge in [0.2, 0.25) is 0 Å². The molecular weight excluding hydrogens is 961 g/mol. The van der Waals surface area contributed by atoms with Crippen molar-refractivity contribution in [2.45, 2.75) is 110 Å². The Balaban J connectivity index is 0.000000138. The molecule has 2 aromatic carbocycles. The zero-order valence-corrected chi connectivity index (χ0v) is 46.3. The summed E-state index contributed by atoms with van der Waals surface area (Å²) >= 11 is 0. The lowest BCUT2D eigenvalue weighted by Crippen LogP contribution is -2.30. The molecule has 77 heavy (non-hydrogen) atoms. The fraction of sp³-hybridized carbons (Fsp3) is 0.557. The van der Waals surface area contributed by atoms with E-state index in [0.29, 0.717) is 0 Å². The first kappa shape index (κ1) is 60.8. The number of dihydropyridines is 1. The van der Waals surface area contributed by atoms with E-state index in [0.717, 1.165) is 116 Å². The van der Waals surface area contributed by atoms with E-state index in [1.807, 2.05) is 36.8 Å². The number of pyridine rings is 2. The molecule has 0 radical (unpaired) electrons. The van der Waals surface area contributed by atoms with Gasteiger partial charge in [-0.3, -0.25) is 9.98 Å². The summed E-state index contributed by atoms with van der Waals surface area (Å²) in [5.74, 6) is 3.20. The molecule has 16 nitrogen and oxygen atoms in total. The number of piperidine rings is 1. The number of hydrogen-bond acceptors (Lipinski definition) is 15. The Morgan fingerprint density at radius 1 is 0.442 bits per heavy atom. The maximum absolute atomic E-state index is 5.01. The van der Waals surface area contributed by atoms with Gasteiger partial charge in [-0.05, 0) is 174 Å². The summed E-state index contributed by atoms with van der Waals surface area (Å²) < 4.78 is 9.95. The molecular formula is C61H94N14O2. The number of anilines is 2. The molecule has 1 saturated carbocycles. The first-order valence-electron chi connectivity index (χ1n) is 29.2. The number of ether oxygens (including phenoxy) is 2. The molecule has 16 rings (SSSR count). The fourth-order valence-electron chi connectivity index (χ4n) is 9.87. The summed E-state index contributed by atoms with van der Waals surface area (Å²) in [6.07, 6.45) is 30.2. The molecule has 13 heterocycles. The summed E-state index contributed by atoms with van der Waals surface area (Å²) in [6.45, 7) is 20.6. The Kier molecular flexibility index (Phi) is 32.2. The lowest BCUT2D eigenvalue weighted by atomic mass is 10.0. The zero-order chi connectivity index (χ0) is 53.1. The number of hydrogen-bond donors (Lipinski definition) is 9. The molecule has 420 valence electrons. The van der Waals surface area contributed by atoms with Crippen molar-refractivity contribution in [3.8, 4) is 0 Å². The average Bonchev–Trinajstić information content (AvgIpc) is 4.36. The van der Waals surface area contributed by atoms with Gasteiger partial charge in [-0.2, -0.15) is 15.4 Å². The number of allylic oxidation sites excluding steroid dienone is 1. The van der Waals surface area contributed by atoms with Crippen LogP contribution < -0.4 is 42.5 Å². The predicted octanol–water partition coefficient (Wildman–Crippen LogP) is 8.04. The maximum atomic E-state index is 5.01. The van der Waals surface area contributed by atoms with Crippen LogP contribution in [0.2, 0.25) is 0 Å². The first-order chi connectivity index (χ1) is 38.3. The van der Waals surface area contributed by atoms with Crippen molar-refractivity contribution in [2.24, 2.45) is 16.8 Å². The number of aromatic nitrogens is 5. The van der Waals surface area contributed by atoms with Crippen LogP contribution >= 0.6 is 0 Å². The molecule has 3 aromatic heterocycles. The third-order valence-electron chi connectivity index (χ3n) is 14.2. The fourth-order valence-corrected chi connectivity index (χ4v) is 9.87. The molecule has 0 spiro atoms. The van der Waals surface area contributed by atoms with E-state index in [1.54, 1.807) is 12.4 Å². The normalized spacial score (nSPS) is 20.6. The number of para-hydroxylation sites is 1. The summed E-state index contributed by atoms with van der Waals surface area (Å²) in [7, 11) is 0. The van der Waals surface area contributed by atoms with E-state index in [1.165, 1.54) is 149 Å².